The van der Waals surface area contributed by atoms with Crippen LogP contribution in [0.15, 0.2) is 28.8 Å². The summed E-state index contributed by atoms with van der Waals surface area (Å²) in [6.45, 7) is 8.74. The van der Waals surface area contributed by atoms with Gasteiger partial charge in [0.25, 0.3) is 0 Å². The lowest BCUT2D eigenvalue weighted by atomic mass is 10.0. The number of anilines is 1. The molecule has 0 saturated carbocycles. The summed E-state index contributed by atoms with van der Waals surface area (Å²) >= 11 is 0. The molecular formula is C23H31FN6O3. The highest BCUT2D eigenvalue weighted by Crippen LogP contribution is 2.33. The number of nitrogens with one attached hydrogen (secondary N) is 1. The predicted molar refractivity (Wildman–Crippen MR) is 124 cm³/mol. The van der Waals surface area contributed by atoms with E-state index in [-0.39, 0.29) is 13.1 Å². The Morgan fingerprint density at radius 3 is 2.82 bits per heavy atom. The molecule has 0 bridgehead atoms. The van der Waals surface area contributed by atoms with Crippen molar-refractivity contribution < 1.29 is 18.4 Å². The number of hydrogen-bond donors (Lipinski definition) is 2. The normalized spacial score (nSPS) is 19.2. The molecule has 1 aliphatic rings. The molecule has 33 heavy (non-hydrogen) atoms. The third-order valence-corrected chi connectivity index (χ3v) is 5.67. The van der Waals surface area contributed by atoms with Crippen molar-refractivity contribution in [3.05, 3.63) is 30.2 Å². The largest absolute Gasteiger partial charge is 0.444 e. The summed E-state index contributed by atoms with van der Waals surface area (Å²) < 4.78 is 27.7. The van der Waals surface area contributed by atoms with Crippen LogP contribution in [-0.2, 0) is 17.8 Å². The summed E-state index contributed by atoms with van der Waals surface area (Å²) in [5.74, 6) is 0.835. The van der Waals surface area contributed by atoms with Crippen molar-refractivity contribution in [2.75, 3.05) is 18.4 Å². The van der Waals surface area contributed by atoms with Crippen molar-refractivity contribution in [1.29, 1.82) is 0 Å². The van der Waals surface area contributed by atoms with E-state index in [0.29, 0.717) is 31.2 Å². The van der Waals surface area contributed by atoms with Gasteiger partial charge in [-0.1, -0.05) is 11.2 Å². The van der Waals surface area contributed by atoms with Crippen LogP contribution in [-0.4, -0.2) is 56.6 Å². The van der Waals surface area contributed by atoms with E-state index in [2.05, 4.69) is 20.0 Å². The van der Waals surface area contributed by atoms with Crippen molar-refractivity contribution in [2.45, 2.75) is 65.0 Å². The summed E-state index contributed by atoms with van der Waals surface area (Å²) in [7, 11) is 0. The van der Waals surface area contributed by atoms with E-state index in [1.165, 1.54) is 4.90 Å². The summed E-state index contributed by atoms with van der Waals surface area (Å²) in [4.78, 5) is 18.1. The second-order valence-corrected chi connectivity index (χ2v) is 9.21. The fourth-order valence-corrected chi connectivity index (χ4v) is 4.14. The average Bonchev–Trinajstić information content (AvgIpc) is 3.38. The SMILES string of the molecule is CCn1c(-c2noc(CN)n2)cc2c(N[C@@H]3CCN(C(=O)OC(C)(C)C)C[C@@H]3F)cccc21. The van der Waals surface area contributed by atoms with Crippen LogP contribution in [0.2, 0.25) is 0 Å². The number of nitrogens with two attached hydrogens (primary N) is 1. The molecule has 1 aromatic carbocycles. The molecule has 4 rings (SSSR count). The summed E-state index contributed by atoms with van der Waals surface area (Å²) in [6, 6.07) is 7.44. The van der Waals surface area contributed by atoms with Crippen LogP contribution < -0.4 is 11.1 Å². The monoisotopic (exact) mass is 458 g/mol. The van der Waals surface area contributed by atoms with Gasteiger partial charge >= 0.3 is 6.09 Å². The van der Waals surface area contributed by atoms with Crippen molar-refractivity contribution >= 4 is 22.7 Å². The lowest BCUT2D eigenvalue weighted by Gasteiger charge is -2.36. The number of rotatable bonds is 5. The van der Waals surface area contributed by atoms with Crippen molar-refractivity contribution in [3.63, 3.8) is 0 Å². The molecule has 0 spiro atoms. The van der Waals surface area contributed by atoms with E-state index < -0.39 is 23.9 Å². The minimum absolute atomic E-state index is 0.00545. The van der Waals surface area contributed by atoms with Crippen molar-refractivity contribution in [2.24, 2.45) is 5.73 Å². The molecule has 0 radical (unpaired) electrons. The highest BCUT2D eigenvalue weighted by atomic mass is 19.1. The lowest BCUT2D eigenvalue weighted by molar-refractivity contribution is 0.0125. The Kier molecular flexibility index (Phi) is 6.29. The number of amides is 1. The van der Waals surface area contributed by atoms with E-state index in [1.807, 2.05) is 31.2 Å². The number of ether oxygens (including phenoxy) is 1. The Labute approximate surface area is 192 Å². The number of alkyl halides is 1. The highest BCUT2D eigenvalue weighted by Gasteiger charge is 2.34. The van der Waals surface area contributed by atoms with Gasteiger partial charge in [0, 0.05) is 24.2 Å². The average molecular weight is 459 g/mol. The fraction of sp³-hybridized carbons (Fsp3) is 0.522. The molecule has 1 amide bonds. The maximum absolute atomic E-state index is 15.1. The molecule has 0 aliphatic carbocycles. The third kappa shape index (κ3) is 4.80. The number of carbonyl (C=O) groups is 1. The van der Waals surface area contributed by atoms with Crippen LogP contribution in [0.25, 0.3) is 22.4 Å². The number of nitrogens with zero attached hydrogens (tertiary/aromatic N) is 4. The van der Waals surface area contributed by atoms with Crippen LogP contribution >= 0.6 is 0 Å². The number of fused-ring (bicyclic) bond motifs is 1. The van der Waals surface area contributed by atoms with E-state index in [9.17, 15) is 4.79 Å². The second-order valence-electron chi connectivity index (χ2n) is 9.21. The van der Waals surface area contributed by atoms with Gasteiger partial charge in [0.15, 0.2) is 0 Å². The number of piperidine rings is 1. The molecule has 178 valence electrons. The first-order valence-corrected chi connectivity index (χ1v) is 11.2. The van der Waals surface area contributed by atoms with Crippen LogP contribution in [0.1, 0.15) is 40.0 Å². The maximum Gasteiger partial charge on any atom is 0.410 e. The molecule has 1 aliphatic heterocycles. The Hall–Kier alpha value is -3.14. The van der Waals surface area contributed by atoms with Gasteiger partial charge in [-0.25, -0.2) is 9.18 Å². The number of aromatic nitrogens is 3. The number of halogens is 1. The number of benzene rings is 1. The van der Waals surface area contributed by atoms with Gasteiger partial charge in [0.2, 0.25) is 11.7 Å². The first-order chi connectivity index (χ1) is 15.7. The molecule has 3 heterocycles. The standard InChI is InChI=1S/C23H31FN6O3/c1-5-30-18-8-6-7-16(14(18)11-19(30)21-27-20(12-25)33-28-21)26-17-9-10-29(13-15(17)24)22(31)32-23(2,3)4/h6-8,11,15,17,26H,5,9-10,12-13,25H2,1-4H3/t15-,17+/m0/s1. The van der Waals surface area contributed by atoms with E-state index >= 15 is 4.39 Å². The molecule has 10 heteroatoms. The second kappa shape index (κ2) is 9.01. The predicted octanol–water partition coefficient (Wildman–Crippen LogP) is 3.93. The topological polar surface area (TPSA) is 111 Å². The zero-order valence-corrected chi connectivity index (χ0v) is 19.5. The zero-order valence-electron chi connectivity index (χ0n) is 19.5. The Balaban J connectivity index is 1.55. The van der Waals surface area contributed by atoms with Gasteiger partial charge in [-0.3, -0.25) is 0 Å². The third-order valence-electron chi connectivity index (χ3n) is 5.67. The first kappa shape index (κ1) is 23.0. The highest BCUT2D eigenvalue weighted by molar-refractivity contribution is 5.96. The minimum atomic E-state index is -1.22. The summed E-state index contributed by atoms with van der Waals surface area (Å²) in [5.41, 5.74) is 7.61. The molecule has 0 unspecified atom stereocenters. The van der Waals surface area contributed by atoms with Gasteiger partial charge in [0.1, 0.15) is 11.8 Å². The zero-order chi connectivity index (χ0) is 23.8. The van der Waals surface area contributed by atoms with E-state index in [0.717, 1.165) is 22.3 Å². The summed E-state index contributed by atoms with van der Waals surface area (Å²) in [6.07, 6.45) is -1.23. The van der Waals surface area contributed by atoms with Crippen LogP contribution in [0, 0.1) is 0 Å². The molecular weight excluding hydrogens is 427 g/mol. The van der Waals surface area contributed by atoms with E-state index in [1.54, 1.807) is 20.8 Å². The van der Waals surface area contributed by atoms with Crippen LogP contribution in [0.5, 0.6) is 0 Å². The fourth-order valence-electron chi connectivity index (χ4n) is 4.14. The van der Waals surface area contributed by atoms with Gasteiger partial charge in [-0.05, 0) is 52.3 Å². The number of likely N-dealkylation sites (tertiary alicyclic amines) is 1. The van der Waals surface area contributed by atoms with Gasteiger partial charge < -0.3 is 29.8 Å². The van der Waals surface area contributed by atoms with Gasteiger partial charge in [-0.15, -0.1) is 0 Å². The molecule has 9 nitrogen and oxygen atoms in total. The maximum atomic E-state index is 15.1. The Morgan fingerprint density at radius 1 is 1.39 bits per heavy atom. The Bertz CT molecular complexity index is 1140. The lowest BCUT2D eigenvalue weighted by Crippen LogP contribution is -2.51. The molecule has 2 aromatic heterocycles. The number of carbonyl (C=O) groups excluding carboxylic acids is 1. The van der Waals surface area contributed by atoms with Crippen molar-refractivity contribution in [1.82, 2.24) is 19.6 Å². The molecule has 3 N–H and O–H groups in total. The van der Waals surface area contributed by atoms with Gasteiger partial charge in [-0.2, -0.15) is 4.98 Å². The molecule has 1 saturated heterocycles. The Morgan fingerprint density at radius 2 is 2.18 bits per heavy atom. The quantitative estimate of drug-likeness (QED) is 0.596. The van der Waals surface area contributed by atoms with Gasteiger partial charge in [0.05, 0.1) is 30.3 Å². The number of hydrogen-bond acceptors (Lipinski definition) is 7. The molecule has 2 atom stereocenters. The van der Waals surface area contributed by atoms with Crippen LogP contribution in [0.3, 0.4) is 0 Å². The molecule has 3 aromatic rings. The van der Waals surface area contributed by atoms with E-state index in [4.69, 9.17) is 15.0 Å². The summed E-state index contributed by atoms with van der Waals surface area (Å²) in [5, 5.41) is 8.35. The first-order valence-electron chi connectivity index (χ1n) is 11.2. The number of aryl methyl sites for hydroxylation is 1. The molecule has 1 fully saturated rings. The van der Waals surface area contributed by atoms with Crippen LogP contribution in [0.4, 0.5) is 14.9 Å². The minimum Gasteiger partial charge on any atom is -0.444 e. The van der Waals surface area contributed by atoms with Crippen molar-refractivity contribution in [3.8, 4) is 11.5 Å². The smallest absolute Gasteiger partial charge is 0.410 e.